The molecule has 0 spiro atoms. The van der Waals surface area contributed by atoms with Crippen molar-refractivity contribution < 1.29 is 22.0 Å². The molecule has 0 radical (unpaired) electrons. The number of halogens is 2. The summed E-state index contributed by atoms with van der Waals surface area (Å²) >= 11 is 0. The standard InChI is InChI=1S/C20H17F2N3O3S/c1-3-7-29(27,28)25-16-6-5-15(21)18(19(16)22)17(26)9-12-8-13-10-14(4-2)24-20(13)23-11-12/h2,5-6,8,10-11,25H,3,7,9H2,1H3,(H,23,24). The fraction of sp³-hybridized carbons (Fsp3) is 0.200. The van der Waals surface area contributed by atoms with Crippen LogP contribution in [0.25, 0.3) is 11.0 Å². The van der Waals surface area contributed by atoms with Gasteiger partial charge in [-0.1, -0.05) is 12.8 Å². The number of anilines is 1. The maximum Gasteiger partial charge on any atom is 0.232 e. The van der Waals surface area contributed by atoms with E-state index in [0.29, 0.717) is 28.7 Å². The molecule has 0 bridgehead atoms. The van der Waals surface area contributed by atoms with E-state index < -0.39 is 38.7 Å². The molecule has 6 nitrogen and oxygen atoms in total. The van der Waals surface area contributed by atoms with Crippen LogP contribution in [0, 0.1) is 24.0 Å². The molecule has 1 aromatic carbocycles. The first-order valence-electron chi connectivity index (χ1n) is 8.70. The normalized spacial score (nSPS) is 11.4. The van der Waals surface area contributed by atoms with Crippen LogP contribution >= 0.6 is 0 Å². The number of sulfonamides is 1. The maximum atomic E-state index is 14.7. The molecule has 0 aliphatic carbocycles. The van der Waals surface area contributed by atoms with Gasteiger partial charge in [-0.15, -0.1) is 6.42 Å². The van der Waals surface area contributed by atoms with Crippen molar-refractivity contribution in [3.05, 3.63) is 58.9 Å². The molecule has 150 valence electrons. The monoisotopic (exact) mass is 417 g/mol. The number of carbonyl (C=O) groups excluding carboxylic acids is 1. The minimum Gasteiger partial charge on any atom is -0.333 e. The Hall–Kier alpha value is -3.25. The van der Waals surface area contributed by atoms with Gasteiger partial charge >= 0.3 is 0 Å². The zero-order chi connectivity index (χ0) is 21.2. The van der Waals surface area contributed by atoms with E-state index in [2.05, 4.69) is 20.6 Å². The van der Waals surface area contributed by atoms with E-state index in [1.807, 2.05) is 0 Å². The van der Waals surface area contributed by atoms with E-state index in [-0.39, 0.29) is 12.2 Å². The molecular weight excluding hydrogens is 400 g/mol. The third-order valence-corrected chi connectivity index (χ3v) is 5.63. The number of rotatable bonds is 7. The van der Waals surface area contributed by atoms with E-state index in [4.69, 9.17) is 6.42 Å². The van der Waals surface area contributed by atoms with Gasteiger partial charge in [-0.3, -0.25) is 9.52 Å². The van der Waals surface area contributed by atoms with Crippen LogP contribution in [0.15, 0.2) is 30.5 Å². The predicted molar refractivity (Wildman–Crippen MR) is 106 cm³/mol. The number of nitrogens with zero attached hydrogens (tertiary/aromatic N) is 1. The minimum atomic E-state index is -3.80. The number of fused-ring (bicyclic) bond motifs is 1. The summed E-state index contributed by atoms with van der Waals surface area (Å²) in [7, 11) is -3.80. The van der Waals surface area contributed by atoms with Gasteiger partial charge in [-0.2, -0.15) is 0 Å². The Morgan fingerprint density at radius 3 is 2.76 bits per heavy atom. The second kappa shape index (κ2) is 8.01. The number of nitrogens with one attached hydrogen (secondary N) is 2. The average Bonchev–Trinajstić information content (AvgIpc) is 3.06. The van der Waals surface area contributed by atoms with Crippen LogP contribution in [0.4, 0.5) is 14.5 Å². The summed E-state index contributed by atoms with van der Waals surface area (Å²) < 4.78 is 54.7. The largest absolute Gasteiger partial charge is 0.333 e. The van der Waals surface area contributed by atoms with Crippen molar-refractivity contribution in [2.75, 3.05) is 10.5 Å². The summed E-state index contributed by atoms with van der Waals surface area (Å²) in [6.07, 6.45) is 6.73. The van der Waals surface area contributed by atoms with Crippen LogP contribution in [-0.2, 0) is 16.4 Å². The third kappa shape index (κ3) is 4.43. The van der Waals surface area contributed by atoms with E-state index >= 15 is 0 Å². The summed E-state index contributed by atoms with van der Waals surface area (Å²) in [4.78, 5) is 19.6. The van der Waals surface area contributed by atoms with Gasteiger partial charge in [0.25, 0.3) is 0 Å². The number of pyridine rings is 1. The molecule has 0 aliphatic heterocycles. The van der Waals surface area contributed by atoms with Gasteiger partial charge in [-0.25, -0.2) is 22.2 Å². The lowest BCUT2D eigenvalue weighted by Gasteiger charge is -2.11. The zero-order valence-corrected chi connectivity index (χ0v) is 16.2. The summed E-state index contributed by atoms with van der Waals surface area (Å²) in [6, 6.07) is 5.11. The molecule has 0 fully saturated rings. The van der Waals surface area contributed by atoms with Crippen LogP contribution in [0.2, 0.25) is 0 Å². The first-order chi connectivity index (χ1) is 13.7. The van der Waals surface area contributed by atoms with Gasteiger partial charge in [0.05, 0.1) is 22.7 Å². The molecule has 2 heterocycles. The Labute approximate surface area is 166 Å². The highest BCUT2D eigenvalue weighted by Crippen LogP contribution is 2.24. The Morgan fingerprint density at radius 1 is 1.31 bits per heavy atom. The Balaban J connectivity index is 1.90. The Kier molecular flexibility index (Phi) is 5.66. The second-order valence-corrected chi connectivity index (χ2v) is 8.26. The Bertz CT molecular complexity index is 1240. The van der Waals surface area contributed by atoms with Gasteiger partial charge in [0.1, 0.15) is 11.5 Å². The molecular formula is C20H17F2N3O3S. The van der Waals surface area contributed by atoms with E-state index in [9.17, 15) is 22.0 Å². The molecule has 2 N–H and O–H groups in total. The molecule has 2 aromatic heterocycles. The van der Waals surface area contributed by atoms with E-state index in [1.165, 1.54) is 6.20 Å². The third-order valence-electron chi connectivity index (χ3n) is 4.16. The molecule has 0 amide bonds. The number of H-pyrrole nitrogens is 1. The highest BCUT2D eigenvalue weighted by atomic mass is 32.2. The topological polar surface area (TPSA) is 91.9 Å². The fourth-order valence-electron chi connectivity index (χ4n) is 2.88. The van der Waals surface area contributed by atoms with Gasteiger partial charge in [0.15, 0.2) is 11.6 Å². The highest BCUT2D eigenvalue weighted by Gasteiger charge is 2.23. The van der Waals surface area contributed by atoms with Crippen LogP contribution in [0.5, 0.6) is 0 Å². The SMILES string of the molecule is C#Cc1cc2cc(CC(=O)c3c(F)ccc(NS(=O)(=O)CCC)c3F)cnc2[nH]1. The molecule has 0 saturated heterocycles. The van der Waals surface area contributed by atoms with E-state index in [1.54, 1.807) is 19.1 Å². The molecule has 3 rings (SSSR count). The average molecular weight is 417 g/mol. The summed E-state index contributed by atoms with van der Waals surface area (Å²) in [5.74, 6) is -0.959. The van der Waals surface area contributed by atoms with Crippen molar-refractivity contribution in [1.29, 1.82) is 0 Å². The smallest absolute Gasteiger partial charge is 0.232 e. The number of benzene rings is 1. The molecule has 0 atom stereocenters. The van der Waals surface area contributed by atoms with Crippen LogP contribution in [-0.4, -0.2) is 29.9 Å². The summed E-state index contributed by atoms with van der Waals surface area (Å²) in [6.45, 7) is 1.65. The number of terminal acetylenes is 1. The summed E-state index contributed by atoms with van der Waals surface area (Å²) in [5, 5.41) is 0.658. The van der Waals surface area contributed by atoms with Crippen molar-refractivity contribution in [3.8, 4) is 12.3 Å². The van der Waals surface area contributed by atoms with Crippen molar-refractivity contribution in [2.45, 2.75) is 19.8 Å². The minimum absolute atomic E-state index is 0.227. The zero-order valence-electron chi connectivity index (χ0n) is 15.4. The number of Topliss-reactive ketones (excluding diaryl/α,β-unsaturated/α-hetero) is 1. The molecule has 0 aliphatic rings. The first-order valence-corrected chi connectivity index (χ1v) is 10.3. The molecule has 9 heteroatoms. The van der Waals surface area contributed by atoms with Gasteiger partial charge in [-0.05, 0) is 36.2 Å². The highest BCUT2D eigenvalue weighted by molar-refractivity contribution is 7.92. The molecule has 3 aromatic rings. The molecule has 0 saturated carbocycles. The number of ketones is 1. The summed E-state index contributed by atoms with van der Waals surface area (Å²) in [5.41, 5.74) is 0.195. The lowest BCUT2D eigenvalue weighted by molar-refractivity contribution is 0.0985. The lowest BCUT2D eigenvalue weighted by Crippen LogP contribution is -2.19. The molecule has 29 heavy (non-hydrogen) atoms. The quantitative estimate of drug-likeness (QED) is 0.455. The van der Waals surface area contributed by atoms with Crippen molar-refractivity contribution >= 4 is 32.5 Å². The van der Waals surface area contributed by atoms with Gasteiger partial charge in [0, 0.05) is 18.0 Å². The molecule has 0 unspecified atom stereocenters. The van der Waals surface area contributed by atoms with Crippen molar-refractivity contribution in [3.63, 3.8) is 0 Å². The van der Waals surface area contributed by atoms with E-state index in [0.717, 1.165) is 12.1 Å². The maximum absolute atomic E-state index is 14.7. The number of hydrogen-bond donors (Lipinski definition) is 2. The number of hydrogen-bond acceptors (Lipinski definition) is 4. The van der Waals surface area contributed by atoms with Crippen LogP contribution < -0.4 is 4.72 Å². The van der Waals surface area contributed by atoms with Crippen molar-refractivity contribution in [1.82, 2.24) is 9.97 Å². The van der Waals surface area contributed by atoms with Crippen LogP contribution in [0.3, 0.4) is 0 Å². The number of aromatic nitrogens is 2. The first kappa shape index (κ1) is 20.5. The Morgan fingerprint density at radius 2 is 2.07 bits per heavy atom. The van der Waals surface area contributed by atoms with Gasteiger partial charge < -0.3 is 4.98 Å². The lowest BCUT2D eigenvalue weighted by atomic mass is 10.0. The second-order valence-electron chi connectivity index (χ2n) is 6.41. The number of aromatic amines is 1. The van der Waals surface area contributed by atoms with Crippen LogP contribution in [0.1, 0.15) is 35.0 Å². The van der Waals surface area contributed by atoms with Gasteiger partial charge in [0.2, 0.25) is 10.0 Å². The van der Waals surface area contributed by atoms with Crippen molar-refractivity contribution in [2.24, 2.45) is 0 Å². The number of carbonyl (C=O) groups is 1. The predicted octanol–water partition coefficient (Wildman–Crippen LogP) is 3.40. The fourth-order valence-corrected chi connectivity index (χ4v) is 4.02.